The molecule has 0 fully saturated rings. The molecule has 16 heavy (non-hydrogen) atoms. The molecule has 1 aromatic carbocycles. The fraction of sp³-hybridized carbons (Fsp3) is 0.250. The van der Waals surface area contributed by atoms with Crippen molar-refractivity contribution in [1.82, 2.24) is 0 Å². The van der Waals surface area contributed by atoms with Crippen molar-refractivity contribution in [3.63, 3.8) is 0 Å². The van der Waals surface area contributed by atoms with Gasteiger partial charge in [0.2, 0.25) is 0 Å². The van der Waals surface area contributed by atoms with Crippen molar-refractivity contribution >= 4 is 15.2 Å². The van der Waals surface area contributed by atoms with Crippen LogP contribution in [0, 0.1) is 0 Å². The van der Waals surface area contributed by atoms with Crippen LogP contribution in [0.4, 0.5) is 0 Å². The molecule has 0 aliphatic carbocycles. The molecule has 0 bridgehead atoms. The summed E-state index contributed by atoms with van der Waals surface area (Å²) in [4.78, 5) is 34.9. The van der Waals surface area contributed by atoms with E-state index in [9.17, 15) is 9.13 Å². The first-order valence-corrected chi connectivity index (χ1v) is 7.92. The Morgan fingerprint density at radius 3 is 1.19 bits per heavy atom. The van der Waals surface area contributed by atoms with Crippen LogP contribution in [0.25, 0.3) is 0 Å². The normalized spacial score (nSPS) is 12.8. The van der Waals surface area contributed by atoms with Crippen LogP contribution in [0.3, 0.4) is 0 Å². The van der Waals surface area contributed by atoms with E-state index < -0.39 is 15.2 Å². The van der Waals surface area contributed by atoms with Gasteiger partial charge in [-0.2, -0.15) is 0 Å². The third-order valence-electron chi connectivity index (χ3n) is 1.80. The molecular formula is C8H12O6P2. The van der Waals surface area contributed by atoms with E-state index in [1.165, 1.54) is 24.3 Å². The maximum Gasteiger partial charge on any atom is 0.329 e. The van der Waals surface area contributed by atoms with Gasteiger partial charge in [0, 0.05) is 0 Å². The predicted octanol–water partition coefficient (Wildman–Crippen LogP) is 1.04. The molecule has 0 spiro atoms. The molecule has 90 valence electrons. The van der Waals surface area contributed by atoms with Crippen LogP contribution in [0.5, 0.6) is 0 Å². The minimum atomic E-state index is -4.10. The lowest BCUT2D eigenvalue weighted by Gasteiger charge is -2.06. The highest BCUT2D eigenvalue weighted by Gasteiger charge is 2.16. The smallest absolute Gasteiger partial charge is 0.324 e. The van der Waals surface area contributed by atoms with Gasteiger partial charge in [0.15, 0.2) is 0 Å². The highest BCUT2D eigenvalue weighted by molar-refractivity contribution is 7.51. The molecule has 1 rings (SSSR count). The van der Waals surface area contributed by atoms with E-state index in [1.54, 1.807) is 0 Å². The van der Waals surface area contributed by atoms with Crippen LogP contribution >= 0.6 is 15.2 Å². The van der Waals surface area contributed by atoms with Gasteiger partial charge >= 0.3 is 15.2 Å². The quantitative estimate of drug-likeness (QED) is 0.605. The number of hydrogen-bond acceptors (Lipinski definition) is 2. The van der Waals surface area contributed by atoms with Gasteiger partial charge in [-0.05, 0) is 11.1 Å². The molecule has 0 aliphatic rings. The second kappa shape index (κ2) is 4.80. The predicted molar refractivity (Wildman–Crippen MR) is 57.9 cm³/mol. The van der Waals surface area contributed by atoms with Gasteiger partial charge in [-0.15, -0.1) is 0 Å². The standard InChI is InChI=1S/C8H12O6P2/c9-15(10,11)5-7-1-2-8(4-3-7)6-16(12,13)14/h1-4H,5-6H2,(H2,9,10,11)(H2,12,13,14). The van der Waals surface area contributed by atoms with Crippen molar-refractivity contribution in [1.29, 1.82) is 0 Å². The summed E-state index contributed by atoms with van der Waals surface area (Å²) in [5.41, 5.74) is 0.866. The first-order chi connectivity index (χ1) is 7.16. The zero-order valence-corrected chi connectivity index (χ0v) is 10.0. The summed E-state index contributed by atoms with van der Waals surface area (Å²) in [7, 11) is -8.19. The van der Waals surface area contributed by atoms with Crippen LogP contribution < -0.4 is 0 Å². The first kappa shape index (κ1) is 13.6. The average Bonchev–Trinajstić information content (AvgIpc) is 2.03. The van der Waals surface area contributed by atoms with E-state index in [4.69, 9.17) is 19.6 Å². The van der Waals surface area contributed by atoms with Gasteiger partial charge in [-0.3, -0.25) is 9.13 Å². The summed E-state index contributed by atoms with van der Waals surface area (Å²) in [5, 5.41) is 0. The lowest BCUT2D eigenvalue weighted by Crippen LogP contribution is -1.90. The monoisotopic (exact) mass is 266 g/mol. The molecule has 0 saturated carbocycles. The molecule has 0 unspecified atom stereocenters. The second-order valence-electron chi connectivity index (χ2n) is 3.46. The summed E-state index contributed by atoms with van der Waals surface area (Å²) in [6.07, 6.45) is -0.744. The summed E-state index contributed by atoms with van der Waals surface area (Å²) in [6.45, 7) is 0. The van der Waals surface area contributed by atoms with E-state index in [0.29, 0.717) is 11.1 Å². The molecule has 0 atom stereocenters. The lowest BCUT2D eigenvalue weighted by atomic mass is 10.2. The van der Waals surface area contributed by atoms with Crippen molar-refractivity contribution in [2.45, 2.75) is 12.3 Å². The van der Waals surface area contributed by atoms with Crippen LogP contribution in [0.2, 0.25) is 0 Å². The molecule has 6 nitrogen and oxygen atoms in total. The third-order valence-corrected chi connectivity index (χ3v) is 3.35. The summed E-state index contributed by atoms with van der Waals surface area (Å²) >= 11 is 0. The van der Waals surface area contributed by atoms with Gasteiger partial charge in [0.1, 0.15) is 0 Å². The number of benzene rings is 1. The van der Waals surface area contributed by atoms with Crippen molar-refractivity contribution in [3.05, 3.63) is 35.4 Å². The van der Waals surface area contributed by atoms with E-state index in [0.717, 1.165) is 0 Å². The topological polar surface area (TPSA) is 115 Å². The van der Waals surface area contributed by atoms with E-state index in [2.05, 4.69) is 0 Å². The minimum Gasteiger partial charge on any atom is -0.324 e. The Hall–Kier alpha value is -0.480. The molecule has 0 aliphatic heterocycles. The SMILES string of the molecule is O=P(O)(O)Cc1ccc(CP(=O)(O)O)cc1. The first-order valence-electron chi connectivity index (χ1n) is 4.33. The lowest BCUT2D eigenvalue weighted by molar-refractivity contribution is 0.369. The van der Waals surface area contributed by atoms with Gasteiger partial charge in [-0.1, -0.05) is 24.3 Å². The van der Waals surface area contributed by atoms with Crippen LogP contribution in [-0.4, -0.2) is 19.6 Å². The highest BCUT2D eigenvalue weighted by Crippen LogP contribution is 2.41. The third kappa shape index (κ3) is 5.56. The molecule has 4 N–H and O–H groups in total. The summed E-state index contributed by atoms with van der Waals surface area (Å²) in [5.74, 6) is 0. The Morgan fingerprint density at radius 1 is 0.750 bits per heavy atom. The minimum absolute atomic E-state index is 0.372. The summed E-state index contributed by atoms with van der Waals surface area (Å²) in [6, 6.07) is 5.79. The number of hydrogen-bond donors (Lipinski definition) is 4. The van der Waals surface area contributed by atoms with Gasteiger partial charge in [0.25, 0.3) is 0 Å². The van der Waals surface area contributed by atoms with Gasteiger partial charge in [0.05, 0.1) is 12.3 Å². The van der Waals surface area contributed by atoms with E-state index >= 15 is 0 Å². The largest absolute Gasteiger partial charge is 0.329 e. The van der Waals surface area contributed by atoms with Crippen molar-refractivity contribution in [2.75, 3.05) is 0 Å². The maximum atomic E-state index is 10.7. The molecule has 1 aromatic rings. The van der Waals surface area contributed by atoms with Crippen LogP contribution in [0.1, 0.15) is 11.1 Å². The van der Waals surface area contributed by atoms with Crippen LogP contribution in [-0.2, 0) is 21.5 Å². The maximum absolute atomic E-state index is 10.7. The van der Waals surface area contributed by atoms with Crippen molar-refractivity contribution in [2.24, 2.45) is 0 Å². The van der Waals surface area contributed by atoms with Crippen molar-refractivity contribution in [3.8, 4) is 0 Å². The van der Waals surface area contributed by atoms with E-state index in [1.807, 2.05) is 0 Å². The molecule has 0 aromatic heterocycles. The molecule has 8 heteroatoms. The average molecular weight is 266 g/mol. The van der Waals surface area contributed by atoms with Gasteiger partial charge < -0.3 is 19.6 Å². The van der Waals surface area contributed by atoms with Crippen molar-refractivity contribution < 1.29 is 28.7 Å². The Labute approximate surface area is 92.3 Å². The zero-order chi connectivity index (χ0) is 12.4. The fourth-order valence-electron chi connectivity index (χ4n) is 1.23. The summed E-state index contributed by atoms with van der Waals surface area (Å²) < 4.78 is 21.4. The Balaban J connectivity index is 2.76. The van der Waals surface area contributed by atoms with Gasteiger partial charge in [-0.25, -0.2) is 0 Å². The Morgan fingerprint density at radius 2 is 1.00 bits per heavy atom. The molecular weight excluding hydrogens is 254 g/mol. The molecule has 0 amide bonds. The Kier molecular flexibility index (Phi) is 4.07. The molecule has 0 saturated heterocycles. The van der Waals surface area contributed by atoms with Crippen LogP contribution in [0.15, 0.2) is 24.3 Å². The molecule has 0 radical (unpaired) electrons. The van der Waals surface area contributed by atoms with E-state index in [-0.39, 0.29) is 12.3 Å². The second-order valence-corrected chi connectivity index (χ2v) is 6.75. The fourth-order valence-corrected chi connectivity index (χ4v) is 2.60. The number of rotatable bonds is 4. The highest BCUT2D eigenvalue weighted by atomic mass is 31.2. The Bertz CT molecular complexity index is 399. The zero-order valence-electron chi connectivity index (χ0n) is 8.22. The molecule has 0 heterocycles.